The predicted molar refractivity (Wildman–Crippen MR) is 127 cm³/mol. The van der Waals surface area contributed by atoms with Gasteiger partial charge in [-0.15, -0.1) is 0 Å². The van der Waals surface area contributed by atoms with Crippen LogP contribution >= 0.6 is 7.60 Å². The van der Waals surface area contributed by atoms with E-state index < -0.39 is 18.6 Å². The summed E-state index contributed by atoms with van der Waals surface area (Å²) < 4.78 is 23.6. The second kappa shape index (κ2) is 9.00. The van der Waals surface area contributed by atoms with Gasteiger partial charge in [0, 0.05) is 18.3 Å². The fourth-order valence-corrected chi connectivity index (χ4v) is 9.63. The number of allylic oxidation sites excluding steroid dienone is 1. The maximum Gasteiger partial charge on any atom is 0.331 e. The van der Waals surface area contributed by atoms with Gasteiger partial charge in [0.25, 0.3) is 0 Å². The largest absolute Gasteiger partial charge is 0.381 e. The first-order valence-electron chi connectivity index (χ1n) is 12.9. The van der Waals surface area contributed by atoms with Gasteiger partial charge in [-0.2, -0.15) is 0 Å². The average Bonchev–Trinajstić information content (AvgIpc) is 3.05. The summed E-state index contributed by atoms with van der Waals surface area (Å²) in [6.45, 7) is 8.50. The van der Waals surface area contributed by atoms with Crippen LogP contribution in [-0.4, -0.2) is 41.6 Å². The average molecular weight is 481 g/mol. The number of aliphatic hydroxyl groups is 1. The number of ketones is 2. The topological polar surface area (TPSA) is 89.9 Å². The molecular formula is C26H41O6P. The summed E-state index contributed by atoms with van der Waals surface area (Å²) in [5.41, 5.74) is -0.444. The third-order valence-corrected chi connectivity index (χ3v) is 11.9. The lowest BCUT2D eigenvalue weighted by atomic mass is 9.46. The Balaban J connectivity index is 1.52. The third-order valence-electron chi connectivity index (χ3n) is 9.84. The van der Waals surface area contributed by atoms with Crippen molar-refractivity contribution < 1.29 is 28.3 Å². The number of hydrogen-bond donors (Lipinski definition) is 1. The van der Waals surface area contributed by atoms with Crippen LogP contribution in [0.4, 0.5) is 0 Å². The van der Waals surface area contributed by atoms with Crippen molar-refractivity contribution in [2.24, 2.45) is 28.6 Å². The lowest BCUT2D eigenvalue weighted by molar-refractivity contribution is -0.161. The molecule has 6 nitrogen and oxygen atoms in total. The molecule has 0 aliphatic heterocycles. The molecule has 3 fully saturated rings. The van der Waals surface area contributed by atoms with Crippen LogP contribution in [0.5, 0.6) is 0 Å². The van der Waals surface area contributed by atoms with Crippen molar-refractivity contribution in [1.82, 2.24) is 0 Å². The molecule has 1 N–H and O–H groups in total. The van der Waals surface area contributed by atoms with Gasteiger partial charge in [-0.1, -0.05) is 19.4 Å². The highest BCUT2D eigenvalue weighted by Gasteiger charge is 2.66. The molecule has 3 saturated carbocycles. The Morgan fingerprint density at radius 2 is 1.73 bits per heavy atom. The number of hydrogen-bond acceptors (Lipinski definition) is 6. The Morgan fingerprint density at radius 3 is 2.39 bits per heavy atom. The zero-order valence-electron chi connectivity index (χ0n) is 20.7. The van der Waals surface area contributed by atoms with Gasteiger partial charge in [0.2, 0.25) is 0 Å². The molecular weight excluding hydrogens is 439 g/mol. The van der Waals surface area contributed by atoms with E-state index in [0.29, 0.717) is 30.6 Å². The molecule has 4 aliphatic rings. The van der Waals surface area contributed by atoms with Crippen molar-refractivity contribution in [1.29, 1.82) is 0 Å². The van der Waals surface area contributed by atoms with Crippen molar-refractivity contribution in [2.75, 3.05) is 19.4 Å². The van der Waals surface area contributed by atoms with Crippen molar-refractivity contribution in [3.63, 3.8) is 0 Å². The quantitative estimate of drug-likeness (QED) is 0.463. The molecule has 0 spiro atoms. The van der Waals surface area contributed by atoms with Gasteiger partial charge in [-0.3, -0.25) is 14.2 Å². The smallest absolute Gasteiger partial charge is 0.331 e. The van der Waals surface area contributed by atoms with E-state index >= 15 is 0 Å². The maximum absolute atomic E-state index is 13.4. The molecule has 0 bridgehead atoms. The lowest BCUT2D eigenvalue weighted by Crippen LogP contribution is -2.57. The summed E-state index contributed by atoms with van der Waals surface area (Å²) >= 11 is 0. The molecule has 0 heterocycles. The lowest BCUT2D eigenvalue weighted by Gasteiger charge is -2.58. The standard InChI is InChI=1S/C26H41O6P/c1-5-31-33(30,32-6-2)16-12-23(28)26(29)15-11-22-20-8-7-18-17-19(27)9-13-24(18,3)21(20)10-14-25(22,26)4/h17,20-22,29H,5-16H2,1-4H3/t20-,21+,22+,24+,25+,26-/m1/s1. The summed E-state index contributed by atoms with van der Waals surface area (Å²) in [7, 11) is -3.32. The van der Waals surface area contributed by atoms with E-state index in [1.54, 1.807) is 13.8 Å². The minimum absolute atomic E-state index is 0.0108. The molecule has 4 aliphatic carbocycles. The normalized spacial score (nSPS) is 40.6. The summed E-state index contributed by atoms with van der Waals surface area (Å²) in [4.78, 5) is 25.5. The first-order chi connectivity index (χ1) is 15.5. The molecule has 7 heteroatoms. The van der Waals surface area contributed by atoms with E-state index in [1.165, 1.54) is 5.57 Å². The summed E-state index contributed by atoms with van der Waals surface area (Å²) in [6, 6.07) is 0. The highest BCUT2D eigenvalue weighted by atomic mass is 31.2. The van der Waals surface area contributed by atoms with Crippen molar-refractivity contribution >= 4 is 19.2 Å². The molecule has 33 heavy (non-hydrogen) atoms. The third kappa shape index (κ3) is 4.03. The van der Waals surface area contributed by atoms with Crippen molar-refractivity contribution in [2.45, 2.75) is 91.1 Å². The van der Waals surface area contributed by atoms with Crippen LogP contribution in [-0.2, 0) is 23.2 Å². The summed E-state index contributed by atoms with van der Waals surface area (Å²) in [5, 5.41) is 11.8. The summed E-state index contributed by atoms with van der Waals surface area (Å²) in [5.74, 6) is 1.33. The number of carbonyl (C=O) groups is 2. The molecule has 4 rings (SSSR count). The second-order valence-electron chi connectivity index (χ2n) is 11.2. The highest BCUT2D eigenvalue weighted by molar-refractivity contribution is 7.53. The Kier molecular flexibility index (Phi) is 6.90. The van der Waals surface area contributed by atoms with Crippen molar-refractivity contribution in [3.05, 3.63) is 11.6 Å². The van der Waals surface area contributed by atoms with Gasteiger partial charge in [-0.05, 0) is 88.0 Å². The van der Waals surface area contributed by atoms with Gasteiger partial charge in [0.15, 0.2) is 11.6 Å². The van der Waals surface area contributed by atoms with Crippen molar-refractivity contribution in [3.8, 4) is 0 Å². The molecule has 0 aromatic rings. The molecule has 0 unspecified atom stereocenters. The van der Waals surface area contributed by atoms with E-state index in [-0.39, 0.29) is 42.8 Å². The van der Waals surface area contributed by atoms with Gasteiger partial charge in [0.05, 0.1) is 19.4 Å². The van der Waals surface area contributed by atoms with Crippen LogP contribution in [0, 0.1) is 28.6 Å². The number of fused-ring (bicyclic) bond motifs is 5. The Hall–Kier alpha value is -0.810. The van der Waals surface area contributed by atoms with Gasteiger partial charge < -0.3 is 14.2 Å². The zero-order valence-corrected chi connectivity index (χ0v) is 21.6. The van der Waals surface area contributed by atoms with Crippen LogP contribution < -0.4 is 0 Å². The molecule has 0 amide bonds. The zero-order chi connectivity index (χ0) is 24.1. The van der Waals surface area contributed by atoms with Crippen LogP contribution in [0.25, 0.3) is 0 Å². The molecule has 186 valence electrons. The van der Waals surface area contributed by atoms with Crippen LogP contribution in [0.2, 0.25) is 0 Å². The van der Waals surface area contributed by atoms with Gasteiger partial charge in [-0.25, -0.2) is 0 Å². The highest BCUT2D eigenvalue weighted by Crippen LogP contribution is 2.67. The Morgan fingerprint density at radius 1 is 1.06 bits per heavy atom. The van der Waals surface area contributed by atoms with E-state index in [1.807, 2.05) is 6.08 Å². The van der Waals surface area contributed by atoms with E-state index in [2.05, 4.69) is 13.8 Å². The van der Waals surface area contributed by atoms with Crippen LogP contribution in [0.3, 0.4) is 0 Å². The number of Topliss-reactive ketones (excluding diaryl/α,β-unsaturated/α-hetero) is 1. The molecule has 0 saturated heterocycles. The molecule has 0 aromatic heterocycles. The first-order valence-corrected chi connectivity index (χ1v) is 14.6. The number of rotatable bonds is 8. The van der Waals surface area contributed by atoms with E-state index in [4.69, 9.17) is 9.05 Å². The van der Waals surface area contributed by atoms with Gasteiger partial charge in [0.1, 0.15) is 5.60 Å². The van der Waals surface area contributed by atoms with E-state index in [0.717, 1.165) is 38.5 Å². The molecule has 0 aromatic carbocycles. The minimum Gasteiger partial charge on any atom is -0.381 e. The van der Waals surface area contributed by atoms with Crippen LogP contribution in [0.1, 0.15) is 85.5 Å². The first kappa shape index (κ1) is 25.3. The Bertz CT molecular complexity index is 872. The monoisotopic (exact) mass is 480 g/mol. The predicted octanol–water partition coefficient (Wildman–Crippen LogP) is 5.47. The SMILES string of the molecule is CCOP(=O)(CCC(=O)[C@]1(O)CC[C@H]2[C@@H]3CCC4=CC(=O)CC[C@]4(C)[C@H]3CC[C@@]21C)OCC. The molecule has 0 radical (unpaired) electrons. The maximum atomic E-state index is 13.4. The second-order valence-corrected chi connectivity index (χ2v) is 13.4. The van der Waals surface area contributed by atoms with Gasteiger partial charge >= 0.3 is 7.60 Å². The summed E-state index contributed by atoms with van der Waals surface area (Å²) in [6.07, 6.45) is 8.60. The van der Waals surface area contributed by atoms with E-state index in [9.17, 15) is 19.3 Å². The fourth-order valence-electron chi connectivity index (χ4n) is 8.04. The Labute approximate surface area is 198 Å². The molecule has 6 atom stereocenters. The number of carbonyl (C=O) groups excluding carboxylic acids is 2. The fraction of sp³-hybridized carbons (Fsp3) is 0.846. The van der Waals surface area contributed by atoms with Crippen LogP contribution in [0.15, 0.2) is 11.6 Å². The minimum atomic E-state index is -3.32.